The molecule has 0 aliphatic carbocycles. The predicted molar refractivity (Wildman–Crippen MR) is 129 cm³/mol. The molecule has 0 N–H and O–H groups in total. The fraction of sp³-hybridized carbons (Fsp3) is 0.435. The minimum absolute atomic E-state index is 0.150. The Hall–Kier alpha value is -2.43. The number of aryl methyl sites for hydroxylation is 3. The molecule has 0 bridgehead atoms. The number of rotatable bonds is 6. The zero-order valence-corrected chi connectivity index (χ0v) is 21.3. The summed E-state index contributed by atoms with van der Waals surface area (Å²) in [5, 5.41) is 0. The van der Waals surface area contributed by atoms with Crippen LogP contribution in [0.4, 0.5) is 5.69 Å². The van der Waals surface area contributed by atoms with Crippen LogP contribution in [0.25, 0.3) is 0 Å². The van der Waals surface area contributed by atoms with Crippen molar-refractivity contribution in [1.29, 1.82) is 0 Å². The lowest BCUT2D eigenvalue weighted by Crippen LogP contribution is -2.56. The van der Waals surface area contributed by atoms with Crippen LogP contribution in [0.5, 0.6) is 0 Å². The summed E-state index contributed by atoms with van der Waals surface area (Å²) in [6.45, 7) is 7.81. The number of carbonyl (C=O) groups excluding carboxylic acids is 1. The van der Waals surface area contributed by atoms with Gasteiger partial charge in [-0.25, -0.2) is 16.8 Å². The van der Waals surface area contributed by atoms with Crippen LogP contribution in [0.1, 0.15) is 23.6 Å². The van der Waals surface area contributed by atoms with E-state index in [-0.39, 0.29) is 37.0 Å². The van der Waals surface area contributed by atoms with Crippen molar-refractivity contribution in [1.82, 2.24) is 9.21 Å². The number of benzene rings is 2. The summed E-state index contributed by atoms with van der Waals surface area (Å²) in [6.07, 6.45) is 1.09. The fourth-order valence-corrected chi connectivity index (χ4v) is 6.64. The highest BCUT2D eigenvalue weighted by molar-refractivity contribution is 7.92. The van der Waals surface area contributed by atoms with Crippen molar-refractivity contribution in [2.75, 3.05) is 36.7 Å². The van der Waals surface area contributed by atoms with Crippen LogP contribution in [-0.2, 0) is 24.8 Å². The molecule has 180 valence electrons. The van der Waals surface area contributed by atoms with E-state index in [9.17, 15) is 21.6 Å². The van der Waals surface area contributed by atoms with E-state index in [2.05, 4.69) is 0 Å². The van der Waals surface area contributed by atoms with E-state index >= 15 is 0 Å². The van der Waals surface area contributed by atoms with E-state index in [1.165, 1.54) is 9.21 Å². The molecule has 33 heavy (non-hydrogen) atoms. The molecule has 1 aliphatic heterocycles. The standard InChI is InChI=1S/C23H31N3O5S2/c1-17-7-10-21(11-8-17)33(30,31)25-14-12-24(13-15-25)23(27)20(4)26(32(5,28)29)22-16-18(2)6-9-19(22)3/h6-11,16,20H,12-15H2,1-5H3/t20-/m1/s1. The van der Waals surface area contributed by atoms with Crippen molar-refractivity contribution < 1.29 is 21.6 Å². The van der Waals surface area contributed by atoms with Gasteiger partial charge in [0.15, 0.2) is 0 Å². The Bertz CT molecular complexity index is 1230. The average molecular weight is 494 g/mol. The molecule has 1 fully saturated rings. The molecule has 0 spiro atoms. The molecule has 0 radical (unpaired) electrons. The molecule has 0 unspecified atom stereocenters. The summed E-state index contributed by atoms with van der Waals surface area (Å²) in [7, 11) is -7.39. The van der Waals surface area contributed by atoms with Crippen LogP contribution >= 0.6 is 0 Å². The van der Waals surface area contributed by atoms with Gasteiger partial charge >= 0.3 is 0 Å². The van der Waals surface area contributed by atoms with Crippen molar-refractivity contribution in [2.45, 2.75) is 38.6 Å². The van der Waals surface area contributed by atoms with Crippen LogP contribution < -0.4 is 4.31 Å². The first-order valence-corrected chi connectivity index (χ1v) is 14.0. The Morgan fingerprint density at radius 1 is 0.879 bits per heavy atom. The largest absolute Gasteiger partial charge is 0.338 e. The topological polar surface area (TPSA) is 95.1 Å². The van der Waals surface area contributed by atoms with E-state index in [0.29, 0.717) is 5.69 Å². The molecule has 2 aromatic carbocycles. The van der Waals surface area contributed by atoms with Crippen molar-refractivity contribution in [3.05, 3.63) is 59.2 Å². The van der Waals surface area contributed by atoms with Crippen molar-refractivity contribution >= 4 is 31.6 Å². The molecule has 1 saturated heterocycles. The second-order valence-corrected chi connectivity index (χ2v) is 12.4. The van der Waals surface area contributed by atoms with Gasteiger partial charge in [-0.15, -0.1) is 0 Å². The van der Waals surface area contributed by atoms with E-state index in [4.69, 9.17) is 0 Å². The summed E-state index contributed by atoms with van der Waals surface area (Å²) in [5.74, 6) is -0.353. The lowest BCUT2D eigenvalue weighted by atomic mass is 10.1. The minimum atomic E-state index is -3.73. The van der Waals surface area contributed by atoms with Crippen LogP contribution in [0.15, 0.2) is 47.4 Å². The number of nitrogens with zero attached hydrogens (tertiary/aromatic N) is 3. The molecular weight excluding hydrogens is 462 g/mol. The van der Waals surface area contributed by atoms with Crippen LogP contribution in [0, 0.1) is 20.8 Å². The van der Waals surface area contributed by atoms with Gasteiger partial charge in [-0.05, 0) is 57.0 Å². The maximum Gasteiger partial charge on any atom is 0.246 e. The molecular formula is C23H31N3O5S2. The summed E-state index contributed by atoms with van der Waals surface area (Å²) < 4.78 is 53.7. The molecule has 2 aromatic rings. The first-order valence-electron chi connectivity index (χ1n) is 10.7. The number of hydrogen-bond donors (Lipinski definition) is 0. The zero-order chi connectivity index (χ0) is 24.6. The van der Waals surface area contributed by atoms with Gasteiger partial charge in [0.05, 0.1) is 16.8 Å². The van der Waals surface area contributed by atoms with Crippen LogP contribution in [-0.4, -0.2) is 70.4 Å². The van der Waals surface area contributed by atoms with Gasteiger partial charge in [0.25, 0.3) is 0 Å². The van der Waals surface area contributed by atoms with E-state index in [0.717, 1.165) is 27.3 Å². The molecule has 3 rings (SSSR count). The lowest BCUT2D eigenvalue weighted by Gasteiger charge is -2.38. The fourth-order valence-electron chi connectivity index (χ4n) is 4.00. The second-order valence-electron chi connectivity index (χ2n) is 8.57. The number of carbonyl (C=O) groups is 1. The number of anilines is 1. The lowest BCUT2D eigenvalue weighted by molar-refractivity contribution is -0.133. The highest BCUT2D eigenvalue weighted by Crippen LogP contribution is 2.27. The first-order chi connectivity index (χ1) is 15.3. The summed E-state index contributed by atoms with van der Waals surface area (Å²) >= 11 is 0. The van der Waals surface area contributed by atoms with Crippen molar-refractivity contribution in [3.63, 3.8) is 0 Å². The van der Waals surface area contributed by atoms with Crippen LogP contribution in [0.2, 0.25) is 0 Å². The highest BCUT2D eigenvalue weighted by Gasteiger charge is 2.36. The maximum absolute atomic E-state index is 13.3. The summed E-state index contributed by atoms with van der Waals surface area (Å²) in [4.78, 5) is 15.0. The Morgan fingerprint density at radius 3 is 1.97 bits per heavy atom. The number of piperazine rings is 1. The minimum Gasteiger partial charge on any atom is -0.338 e. The molecule has 0 aromatic heterocycles. The van der Waals surface area contributed by atoms with Crippen molar-refractivity contribution in [3.8, 4) is 0 Å². The predicted octanol–water partition coefficient (Wildman–Crippen LogP) is 2.30. The third-order valence-corrected chi connectivity index (χ3v) is 9.02. The molecule has 1 heterocycles. The second kappa shape index (κ2) is 9.44. The third kappa shape index (κ3) is 5.39. The normalized spacial score (nSPS) is 16.5. The summed E-state index contributed by atoms with van der Waals surface area (Å²) in [5.41, 5.74) is 3.08. The zero-order valence-electron chi connectivity index (χ0n) is 19.6. The average Bonchev–Trinajstić information content (AvgIpc) is 2.75. The van der Waals surface area contributed by atoms with E-state index in [1.54, 1.807) is 44.2 Å². The van der Waals surface area contributed by atoms with Gasteiger partial charge in [-0.3, -0.25) is 9.10 Å². The Morgan fingerprint density at radius 2 is 1.42 bits per heavy atom. The monoisotopic (exact) mass is 493 g/mol. The third-order valence-electron chi connectivity index (χ3n) is 5.88. The molecule has 10 heteroatoms. The maximum atomic E-state index is 13.3. The molecule has 1 aliphatic rings. The van der Waals surface area contributed by atoms with E-state index < -0.39 is 26.1 Å². The van der Waals surface area contributed by atoms with Crippen LogP contribution in [0.3, 0.4) is 0 Å². The number of hydrogen-bond acceptors (Lipinski definition) is 5. The van der Waals surface area contributed by atoms with Gasteiger partial charge in [0.1, 0.15) is 6.04 Å². The van der Waals surface area contributed by atoms with E-state index in [1.807, 2.05) is 26.0 Å². The summed E-state index contributed by atoms with van der Waals surface area (Å²) in [6, 6.07) is 11.2. The molecule has 1 atom stereocenters. The molecule has 0 saturated carbocycles. The highest BCUT2D eigenvalue weighted by atomic mass is 32.2. The Labute approximate surface area is 196 Å². The van der Waals surface area contributed by atoms with Gasteiger partial charge in [-0.1, -0.05) is 29.8 Å². The Kier molecular flexibility index (Phi) is 7.21. The SMILES string of the molecule is Cc1ccc(S(=O)(=O)N2CCN(C(=O)[C@@H](C)N(c3cc(C)ccc3C)S(C)(=O)=O)CC2)cc1. The van der Waals surface area contributed by atoms with Gasteiger partial charge in [0, 0.05) is 26.2 Å². The van der Waals surface area contributed by atoms with Gasteiger partial charge in [-0.2, -0.15) is 4.31 Å². The molecule has 8 nitrogen and oxygen atoms in total. The Balaban J connectivity index is 1.77. The van der Waals surface area contributed by atoms with Crippen molar-refractivity contribution in [2.24, 2.45) is 0 Å². The van der Waals surface area contributed by atoms with Gasteiger partial charge < -0.3 is 4.90 Å². The van der Waals surface area contributed by atoms with Gasteiger partial charge in [0.2, 0.25) is 26.0 Å². The number of amides is 1. The quantitative estimate of drug-likeness (QED) is 0.615. The smallest absolute Gasteiger partial charge is 0.246 e. The first kappa shape index (κ1) is 25.2. The molecule has 1 amide bonds. The number of sulfonamides is 2.